The third-order valence-corrected chi connectivity index (χ3v) is 7.57. The second-order valence-corrected chi connectivity index (χ2v) is 9.89. The summed E-state index contributed by atoms with van der Waals surface area (Å²) in [5, 5.41) is 11.2. The lowest BCUT2D eigenvalue weighted by molar-refractivity contribution is 0.941. The number of dihydropyridines is 1. The SMILES string of the molecule is CC1=CC=C(c2ccc(-c3c4ccccc4c(-c4cccc5ccccc45)c4ccccc34)cc2)NC1. The van der Waals surface area contributed by atoms with Crippen molar-refractivity contribution in [1.29, 1.82) is 0 Å². The summed E-state index contributed by atoms with van der Waals surface area (Å²) in [6.07, 6.45) is 4.38. The minimum Gasteiger partial charge on any atom is -0.381 e. The molecule has 0 saturated carbocycles. The smallest absolute Gasteiger partial charge is 0.0416 e. The Bertz CT molecular complexity index is 1810. The third-order valence-electron chi connectivity index (χ3n) is 7.57. The number of allylic oxidation sites excluding steroid dienone is 2. The van der Waals surface area contributed by atoms with Crippen LogP contribution in [0.4, 0.5) is 0 Å². The molecule has 0 aromatic heterocycles. The van der Waals surface area contributed by atoms with Crippen LogP contribution in [0.2, 0.25) is 0 Å². The fraction of sp³-hybridized carbons (Fsp3) is 0.0556. The molecule has 0 unspecified atom stereocenters. The zero-order valence-corrected chi connectivity index (χ0v) is 20.8. The van der Waals surface area contributed by atoms with Crippen molar-refractivity contribution < 1.29 is 0 Å². The maximum atomic E-state index is 3.54. The first kappa shape index (κ1) is 21.6. The lowest BCUT2D eigenvalue weighted by Gasteiger charge is -2.19. The van der Waals surface area contributed by atoms with Crippen LogP contribution in [0.1, 0.15) is 12.5 Å². The van der Waals surface area contributed by atoms with Crippen molar-refractivity contribution in [3.05, 3.63) is 139 Å². The average molecular weight is 474 g/mol. The highest BCUT2D eigenvalue weighted by Crippen LogP contribution is 2.45. The third kappa shape index (κ3) is 3.63. The highest BCUT2D eigenvalue weighted by atomic mass is 14.9. The van der Waals surface area contributed by atoms with Crippen LogP contribution in [0.5, 0.6) is 0 Å². The predicted octanol–water partition coefficient (Wildman–Crippen LogP) is 9.37. The fourth-order valence-corrected chi connectivity index (χ4v) is 5.77. The number of nitrogens with one attached hydrogen (secondary N) is 1. The van der Waals surface area contributed by atoms with E-state index in [-0.39, 0.29) is 0 Å². The van der Waals surface area contributed by atoms with Gasteiger partial charge < -0.3 is 5.32 Å². The van der Waals surface area contributed by atoms with Gasteiger partial charge in [0.2, 0.25) is 0 Å². The van der Waals surface area contributed by atoms with E-state index in [9.17, 15) is 0 Å². The second-order valence-electron chi connectivity index (χ2n) is 9.89. The van der Waals surface area contributed by atoms with Gasteiger partial charge in [-0.2, -0.15) is 0 Å². The van der Waals surface area contributed by atoms with Crippen molar-refractivity contribution >= 4 is 38.0 Å². The van der Waals surface area contributed by atoms with Gasteiger partial charge in [-0.15, -0.1) is 0 Å². The highest BCUT2D eigenvalue weighted by molar-refractivity contribution is 6.23. The lowest BCUT2D eigenvalue weighted by atomic mass is 9.84. The normalized spacial score (nSPS) is 13.4. The molecule has 7 rings (SSSR count). The van der Waals surface area contributed by atoms with Crippen molar-refractivity contribution in [2.24, 2.45) is 0 Å². The molecule has 0 aliphatic carbocycles. The fourth-order valence-electron chi connectivity index (χ4n) is 5.77. The van der Waals surface area contributed by atoms with Crippen LogP contribution in [0.15, 0.2) is 133 Å². The van der Waals surface area contributed by atoms with E-state index in [1.807, 2.05) is 0 Å². The minimum absolute atomic E-state index is 0.901. The van der Waals surface area contributed by atoms with E-state index in [0.29, 0.717) is 0 Å². The van der Waals surface area contributed by atoms with Gasteiger partial charge in [-0.1, -0.05) is 127 Å². The topological polar surface area (TPSA) is 12.0 Å². The molecular weight excluding hydrogens is 446 g/mol. The first-order valence-electron chi connectivity index (χ1n) is 12.9. The molecule has 1 nitrogen and oxygen atoms in total. The van der Waals surface area contributed by atoms with Crippen LogP contribution in [-0.2, 0) is 0 Å². The lowest BCUT2D eigenvalue weighted by Crippen LogP contribution is -2.17. The van der Waals surface area contributed by atoms with Gasteiger partial charge in [0.1, 0.15) is 0 Å². The number of rotatable bonds is 3. The van der Waals surface area contributed by atoms with Gasteiger partial charge in [-0.05, 0) is 73.1 Å². The molecule has 0 atom stereocenters. The highest BCUT2D eigenvalue weighted by Gasteiger charge is 2.17. The molecule has 6 aromatic rings. The average Bonchev–Trinajstić information content (AvgIpc) is 2.96. The molecule has 0 amide bonds. The Morgan fingerprint density at radius 3 is 1.65 bits per heavy atom. The van der Waals surface area contributed by atoms with E-state index in [1.54, 1.807) is 0 Å². The number of hydrogen-bond donors (Lipinski definition) is 1. The summed E-state index contributed by atoms with van der Waals surface area (Å²) in [6, 6.07) is 42.1. The first-order chi connectivity index (χ1) is 18.3. The number of hydrogen-bond acceptors (Lipinski definition) is 1. The van der Waals surface area contributed by atoms with Gasteiger partial charge in [-0.3, -0.25) is 0 Å². The van der Waals surface area contributed by atoms with Crippen molar-refractivity contribution in [3.8, 4) is 22.3 Å². The molecular formula is C36H27N. The van der Waals surface area contributed by atoms with Gasteiger partial charge in [-0.25, -0.2) is 0 Å². The second kappa shape index (κ2) is 8.80. The Morgan fingerprint density at radius 2 is 1.03 bits per heavy atom. The molecule has 1 aliphatic heterocycles. The van der Waals surface area contributed by atoms with Gasteiger partial charge in [0, 0.05) is 12.2 Å². The van der Waals surface area contributed by atoms with Crippen LogP contribution < -0.4 is 5.32 Å². The molecule has 0 spiro atoms. The summed E-state index contributed by atoms with van der Waals surface area (Å²) in [5.74, 6) is 0. The van der Waals surface area contributed by atoms with Crippen LogP contribution >= 0.6 is 0 Å². The summed E-state index contributed by atoms with van der Waals surface area (Å²) in [6.45, 7) is 3.06. The zero-order valence-electron chi connectivity index (χ0n) is 20.8. The Morgan fingerprint density at radius 1 is 0.486 bits per heavy atom. The molecule has 0 fully saturated rings. The Hall–Kier alpha value is -4.62. The predicted molar refractivity (Wildman–Crippen MR) is 160 cm³/mol. The molecule has 0 bridgehead atoms. The maximum Gasteiger partial charge on any atom is 0.0416 e. The van der Waals surface area contributed by atoms with Crippen molar-refractivity contribution in [2.75, 3.05) is 6.54 Å². The van der Waals surface area contributed by atoms with E-state index in [4.69, 9.17) is 0 Å². The van der Waals surface area contributed by atoms with Gasteiger partial charge >= 0.3 is 0 Å². The van der Waals surface area contributed by atoms with Crippen molar-refractivity contribution in [3.63, 3.8) is 0 Å². The Balaban J connectivity index is 1.50. The quantitative estimate of drug-likeness (QED) is 0.252. The van der Waals surface area contributed by atoms with Gasteiger partial charge in [0.15, 0.2) is 0 Å². The number of benzene rings is 6. The van der Waals surface area contributed by atoms with Gasteiger partial charge in [0.05, 0.1) is 0 Å². The van der Waals surface area contributed by atoms with E-state index >= 15 is 0 Å². The molecule has 1 N–H and O–H groups in total. The largest absolute Gasteiger partial charge is 0.381 e. The summed E-state index contributed by atoms with van der Waals surface area (Å²) >= 11 is 0. The Labute approximate surface area is 217 Å². The van der Waals surface area contributed by atoms with Crippen molar-refractivity contribution in [2.45, 2.75) is 6.92 Å². The Kier molecular flexibility index (Phi) is 5.15. The summed E-state index contributed by atoms with van der Waals surface area (Å²) < 4.78 is 0. The van der Waals surface area contributed by atoms with E-state index < -0.39 is 0 Å². The molecule has 37 heavy (non-hydrogen) atoms. The first-order valence-corrected chi connectivity index (χ1v) is 12.9. The van der Waals surface area contributed by atoms with Crippen LogP contribution in [-0.4, -0.2) is 6.54 Å². The van der Waals surface area contributed by atoms with Gasteiger partial charge in [0.25, 0.3) is 0 Å². The molecule has 1 heterocycles. The molecule has 0 radical (unpaired) electrons. The summed E-state index contributed by atoms with van der Waals surface area (Å²) in [4.78, 5) is 0. The summed E-state index contributed by atoms with van der Waals surface area (Å²) in [5.41, 5.74) is 8.87. The number of fused-ring (bicyclic) bond motifs is 3. The maximum absolute atomic E-state index is 3.54. The monoisotopic (exact) mass is 473 g/mol. The van der Waals surface area contributed by atoms with E-state index in [0.717, 1.165) is 6.54 Å². The van der Waals surface area contributed by atoms with E-state index in [1.165, 1.54) is 71.4 Å². The van der Waals surface area contributed by atoms with Crippen LogP contribution in [0, 0.1) is 0 Å². The summed E-state index contributed by atoms with van der Waals surface area (Å²) in [7, 11) is 0. The van der Waals surface area contributed by atoms with Crippen LogP contribution in [0.3, 0.4) is 0 Å². The minimum atomic E-state index is 0.901. The molecule has 6 aromatic carbocycles. The standard InChI is InChI=1S/C36H27N/c1-24-17-22-34(37-23-24)26-18-20-27(21-19-26)35-30-12-4-6-14-32(30)36(33-15-7-5-13-31(33)35)29-16-8-10-25-9-2-3-11-28(25)29/h2-22,37H,23H2,1H3. The van der Waals surface area contributed by atoms with E-state index in [2.05, 4.69) is 140 Å². The van der Waals surface area contributed by atoms with Crippen LogP contribution in [0.25, 0.3) is 60.3 Å². The molecule has 0 saturated heterocycles. The zero-order chi connectivity index (χ0) is 24.8. The molecule has 176 valence electrons. The molecule has 1 aliphatic rings. The van der Waals surface area contributed by atoms with Crippen molar-refractivity contribution in [1.82, 2.24) is 5.32 Å². The molecule has 1 heteroatoms.